The van der Waals surface area contributed by atoms with Crippen LogP contribution in [0.4, 0.5) is 0 Å². The lowest BCUT2D eigenvalue weighted by atomic mass is 9.63. The van der Waals surface area contributed by atoms with Crippen molar-refractivity contribution in [2.75, 3.05) is 0 Å². The lowest BCUT2D eigenvalue weighted by Crippen LogP contribution is -2.35. The molecule has 17 heavy (non-hydrogen) atoms. The van der Waals surface area contributed by atoms with Crippen LogP contribution in [0.2, 0.25) is 0 Å². The molecule has 1 atom stereocenters. The van der Waals surface area contributed by atoms with Gasteiger partial charge in [0.1, 0.15) is 5.78 Å². The van der Waals surface area contributed by atoms with Crippen LogP contribution in [-0.2, 0) is 11.2 Å². The van der Waals surface area contributed by atoms with Crippen LogP contribution in [0.25, 0.3) is 0 Å². The molecule has 0 saturated heterocycles. The maximum Gasteiger partial charge on any atom is 0.132 e. The molecule has 3 rings (SSSR count). The number of benzene rings is 1. The first-order valence-electron chi connectivity index (χ1n) is 6.46. The highest BCUT2D eigenvalue weighted by Gasteiger charge is 2.40. The Hall–Kier alpha value is -1.15. The van der Waals surface area contributed by atoms with Gasteiger partial charge in [-0.2, -0.15) is 0 Å². The SMILES string of the molecule is O=C1CCC2(CC1)Cc1ccccc1C(O)C2. The lowest BCUT2D eigenvalue weighted by molar-refractivity contribution is -0.123. The minimum absolute atomic E-state index is 0.182. The van der Waals surface area contributed by atoms with Crippen molar-refractivity contribution in [2.45, 2.75) is 44.6 Å². The van der Waals surface area contributed by atoms with E-state index >= 15 is 0 Å². The first kappa shape index (κ1) is 11.0. The molecule has 1 N–H and O–H groups in total. The number of aliphatic hydroxyl groups excluding tert-OH is 1. The van der Waals surface area contributed by atoms with Gasteiger partial charge in [0.2, 0.25) is 0 Å². The van der Waals surface area contributed by atoms with Crippen LogP contribution >= 0.6 is 0 Å². The van der Waals surface area contributed by atoms with E-state index in [0.717, 1.165) is 31.2 Å². The number of aliphatic hydroxyl groups is 1. The number of rotatable bonds is 0. The molecule has 0 heterocycles. The molecule has 0 aliphatic heterocycles. The van der Waals surface area contributed by atoms with E-state index in [1.54, 1.807) is 0 Å². The van der Waals surface area contributed by atoms with Crippen LogP contribution in [0.3, 0.4) is 0 Å². The van der Waals surface area contributed by atoms with Gasteiger partial charge in [-0.1, -0.05) is 24.3 Å². The van der Waals surface area contributed by atoms with Gasteiger partial charge >= 0.3 is 0 Å². The molecule has 0 radical (unpaired) electrons. The zero-order valence-electron chi connectivity index (χ0n) is 9.98. The Balaban J connectivity index is 1.90. The molecular formula is C15H18O2. The molecular weight excluding hydrogens is 212 g/mol. The van der Waals surface area contributed by atoms with Crippen molar-refractivity contribution in [1.82, 2.24) is 0 Å². The van der Waals surface area contributed by atoms with Crippen LogP contribution in [0.5, 0.6) is 0 Å². The summed E-state index contributed by atoms with van der Waals surface area (Å²) >= 11 is 0. The van der Waals surface area contributed by atoms with Crippen molar-refractivity contribution < 1.29 is 9.90 Å². The zero-order chi connectivity index (χ0) is 11.9. The fourth-order valence-electron chi connectivity index (χ4n) is 3.46. The van der Waals surface area contributed by atoms with E-state index < -0.39 is 0 Å². The molecule has 2 aliphatic carbocycles. The second kappa shape index (κ2) is 3.95. The molecule has 1 unspecified atom stereocenters. The molecule has 1 aromatic carbocycles. The summed E-state index contributed by atoms with van der Waals surface area (Å²) < 4.78 is 0. The van der Waals surface area contributed by atoms with E-state index in [2.05, 4.69) is 6.07 Å². The Morgan fingerprint density at radius 2 is 1.88 bits per heavy atom. The molecule has 1 spiro atoms. The van der Waals surface area contributed by atoms with Gasteiger partial charge in [0, 0.05) is 12.8 Å². The molecule has 2 aliphatic rings. The quantitative estimate of drug-likeness (QED) is 0.744. The van der Waals surface area contributed by atoms with Crippen molar-refractivity contribution in [3.05, 3.63) is 35.4 Å². The van der Waals surface area contributed by atoms with E-state index in [1.807, 2.05) is 18.2 Å². The number of carbonyl (C=O) groups excluding carboxylic acids is 1. The Kier molecular flexibility index (Phi) is 2.55. The fraction of sp³-hybridized carbons (Fsp3) is 0.533. The minimum Gasteiger partial charge on any atom is -0.388 e. The van der Waals surface area contributed by atoms with Crippen LogP contribution in [0.1, 0.15) is 49.3 Å². The standard InChI is InChI=1S/C15H18O2/c16-12-5-7-15(8-6-12)9-11-3-1-2-4-13(11)14(17)10-15/h1-4,14,17H,5-10H2. The van der Waals surface area contributed by atoms with E-state index in [-0.39, 0.29) is 11.5 Å². The van der Waals surface area contributed by atoms with Gasteiger partial charge in [0.25, 0.3) is 0 Å². The average Bonchev–Trinajstić information content (AvgIpc) is 2.34. The number of hydrogen-bond donors (Lipinski definition) is 1. The maximum atomic E-state index is 11.4. The van der Waals surface area contributed by atoms with Crippen LogP contribution < -0.4 is 0 Å². The van der Waals surface area contributed by atoms with Crippen molar-refractivity contribution in [3.8, 4) is 0 Å². The Morgan fingerprint density at radius 3 is 2.65 bits per heavy atom. The predicted octanol–water partition coefficient (Wildman–Crippen LogP) is 2.80. The largest absolute Gasteiger partial charge is 0.388 e. The second-order valence-corrected chi connectivity index (χ2v) is 5.63. The molecule has 1 saturated carbocycles. The monoisotopic (exact) mass is 230 g/mol. The number of carbonyl (C=O) groups is 1. The second-order valence-electron chi connectivity index (χ2n) is 5.63. The third-order valence-electron chi connectivity index (χ3n) is 4.47. The van der Waals surface area contributed by atoms with Gasteiger partial charge in [0.15, 0.2) is 0 Å². The summed E-state index contributed by atoms with van der Waals surface area (Å²) in [6.45, 7) is 0. The van der Waals surface area contributed by atoms with Crippen molar-refractivity contribution in [3.63, 3.8) is 0 Å². The fourth-order valence-corrected chi connectivity index (χ4v) is 3.46. The van der Waals surface area contributed by atoms with Gasteiger partial charge in [-0.15, -0.1) is 0 Å². The molecule has 1 aromatic rings. The summed E-state index contributed by atoms with van der Waals surface area (Å²) in [4.78, 5) is 11.4. The highest BCUT2D eigenvalue weighted by molar-refractivity contribution is 5.79. The van der Waals surface area contributed by atoms with Crippen molar-refractivity contribution in [1.29, 1.82) is 0 Å². The highest BCUT2D eigenvalue weighted by atomic mass is 16.3. The average molecular weight is 230 g/mol. The van der Waals surface area contributed by atoms with Gasteiger partial charge in [-0.3, -0.25) is 4.79 Å². The Labute approximate surface area is 102 Å². The minimum atomic E-state index is -0.340. The Morgan fingerprint density at radius 1 is 1.18 bits per heavy atom. The third kappa shape index (κ3) is 1.91. The summed E-state index contributed by atoms with van der Waals surface area (Å²) in [5.41, 5.74) is 2.55. The zero-order valence-corrected chi connectivity index (χ0v) is 9.98. The first-order chi connectivity index (χ1) is 8.19. The first-order valence-corrected chi connectivity index (χ1v) is 6.46. The molecule has 1 fully saturated rings. The van der Waals surface area contributed by atoms with Gasteiger partial charge in [-0.05, 0) is 42.2 Å². The third-order valence-corrected chi connectivity index (χ3v) is 4.47. The number of fused-ring (bicyclic) bond motifs is 1. The van der Waals surface area contributed by atoms with E-state index in [0.29, 0.717) is 18.6 Å². The molecule has 90 valence electrons. The lowest BCUT2D eigenvalue weighted by Gasteiger charge is -2.42. The summed E-state index contributed by atoms with van der Waals surface area (Å²) in [5, 5.41) is 10.3. The topological polar surface area (TPSA) is 37.3 Å². The Bertz CT molecular complexity index is 440. The van der Waals surface area contributed by atoms with Gasteiger partial charge in [-0.25, -0.2) is 0 Å². The van der Waals surface area contributed by atoms with Gasteiger partial charge in [0.05, 0.1) is 6.10 Å². The molecule has 2 heteroatoms. The normalized spacial score (nSPS) is 26.9. The van der Waals surface area contributed by atoms with Crippen LogP contribution in [-0.4, -0.2) is 10.9 Å². The number of Topliss-reactive ketones (excluding diaryl/α,β-unsaturated/α-hetero) is 1. The number of hydrogen-bond acceptors (Lipinski definition) is 2. The predicted molar refractivity (Wildman–Crippen MR) is 65.6 cm³/mol. The van der Waals surface area contributed by atoms with Crippen LogP contribution in [0.15, 0.2) is 24.3 Å². The molecule has 0 bridgehead atoms. The highest BCUT2D eigenvalue weighted by Crippen LogP contribution is 2.48. The summed E-state index contributed by atoms with van der Waals surface area (Å²) in [7, 11) is 0. The summed E-state index contributed by atoms with van der Waals surface area (Å²) in [6.07, 6.45) is 4.84. The molecule has 0 aromatic heterocycles. The van der Waals surface area contributed by atoms with E-state index in [4.69, 9.17) is 0 Å². The van der Waals surface area contributed by atoms with Crippen molar-refractivity contribution >= 4 is 5.78 Å². The number of ketones is 1. The smallest absolute Gasteiger partial charge is 0.132 e. The van der Waals surface area contributed by atoms with Gasteiger partial charge < -0.3 is 5.11 Å². The maximum absolute atomic E-state index is 11.4. The summed E-state index contributed by atoms with van der Waals surface area (Å²) in [6, 6.07) is 8.18. The van der Waals surface area contributed by atoms with Crippen molar-refractivity contribution in [2.24, 2.45) is 5.41 Å². The molecule has 0 amide bonds. The molecule has 2 nitrogen and oxygen atoms in total. The van der Waals surface area contributed by atoms with E-state index in [1.165, 1.54) is 5.56 Å². The summed E-state index contributed by atoms with van der Waals surface area (Å²) in [5.74, 6) is 0.393. The van der Waals surface area contributed by atoms with E-state index in [9.17, 15) is 9.90 Å². The van der Waals surface area contributed by atoms with Crippen LogP contribution in [0, 0.1) is 5.41 Å².